The van der Waals surface area contributed by atoms with Crippen LogP contribution in [-0.4, -0.2) is 19.2 Å². The van der Waals surface area contributed by atoms with Crippen molar-refractivity contribution in [2.45, 2.75) is 51.5 Å². The summed E-state index contributed by atoms with van der Waals surface area (Å²) in [6.07, 6.45) is 6.17. The summed E-state index contributed by atoms with van der Waals surface area (Å²) in [7, 11) is 1.69. The molecule has 0 saturated heterocycles. The van der Waals surface area contributed by atoms with E-state index in [-0.39, 0.29) is 5.54 Å². The number of benzene rings is 1. The Bertz CT molecular complexity index is 368. The van der Waals surface area contributed by atoms with Gasteiger partial charge in [-0.15, -0.1) is 0 Å². The van der Waals surface area contributed by atoms with E-state index in [9.17, 15) is 0 Å². The van der Waals surface area contributed by atoms with Crippen LogP contribution in [0.25, 0.3) is 0 Å². The summed E-state index contributed by atoms with van der Waals surface area (Å²) >= 11 is 0. The topological polar surface area (TPSA) is 47.3 Å². The Morgan fingerprint density at radius 2 is 2.05 bits per heavy atom. The number of hydrogen-bond donors (Lipinski definition) is 2. The van der Waals surface area contributed by atoms with Gasteiger partial charge in [-0.05, 0) is 25.5 Å². The van der Waals surface area contributed by atoms with Gasteiger partial charge in [-0.1, -0.05) is 38.7 Å². The minimum Gasteiger partial charge on any atom is -0.497 e. The fourth-order valence-electron chi connectivity index (χ4n) is 2.21. The van der Waals surface area contributed by atoms with E-state index >= 15 is 0 Å². The minimum atomic E-state index is -0.0416. The predicted octanol–water partition coefficient (Wildman–Crippen LogP) is 3.79. The SMILES string of the molecule is CCCCCCC(C)(CN)Nc1cccc(OC)c1. The Morgan fingerprint density at radius 3 is 2.68 bits per heavy atom. The number of anilines is 1. The van der Waals surface area contributed by atoms with Crippen LogP contribution in [0.5, 0.6) is 5.75 Å². The van der Waals surface area contributed by atoms with Crippen LogP contribution < -0.4 is 15.8 Å². The minimum absolute atomic E-state index is 0.0416. The number of rotatable bonds is 9. The molecule has 0 bridgehead atoms. The van der Waals surface area contributed by atoms with Crippen molar-refractivity contribution in [2.75, 3.05) is 19.0 Å². The second-order valence-electron chi connectivity index (χ2n) is 5.43. The summed E-state index contributed by atoms with van der Waals surface area (Å²) in [6.45, 7) is 5.06. The molecule has 0 heterocycles. The monoisotopic (exact) mass is 264 g/mol. The molecule has 1 aromatic rings. The molecule has 108 valence electrons. The lowest BCUT2D eigenvalue weighted by Crippen LogP contribution is -2.42. The number of methoxy groups -OCH3 is 1. The van der Waals surface area contributed by atoms with E-state index < -0.39 is 0 Å². The highest BCUT2D eigenvalue weighted by Crippen LogP contribution is 2.23. The van der Waals surface area contributed by atoms with E-state index in [1.807, 2.05) is 18.2 Å². The zero-order valence-corrected chi connectivity index (χ0v) is 12.5. The van der Waals surface area contributed by atoms with Crippen molar-refractivity contribution in [1.82, 2.24) is 0 Å². The van der Waals surface area contributed by atoms with E-state index in [1.165, 1.54) is 25.7 Å². The third kappa shape index (κ3) is 5.52. The summed E-state index contributed by atoms with van der Waals surface area (Å²) in [6, 6.07) is 8.02. The van der Waals surface area contributed by atoms with Crippen LogP contribution >= 0.6 is 0 Å². The molecule has 0 saturated carbocycles. The molecule has 3 nitrogen and oxygen atoms in total. The Labute approximate surface area is 117 Å². The standard InChI is InChI=1S/C16H28N2O/c1-4-5-6-7-11-16(2,13-17)18-14-9-8-10-15(12-14)19-3/h8-10,12,18H,4-7,11,13,17H2,1-3H3. The van der Waals surface area contributed by atoms with Crippen molar-refractivity contribution in [2.24, 2.45) is 5.73 Å². The summed E-state index contributed by atoms with van der Waals surface area (Å²) in [5.41, 5.74) is 6.98. The molecule has 19 heavy (non-hydrogen) atoms. The van der Waals surface area contributed by atoms with Crippen LogP contribution in [0.15, 0.2) is 24.3 Å². The van der Waals surface area contributed by atoms with Crippen molar-refractivity contribution in [3.05, 3.63) is 24.3 Å². The van der Waals surface area contributed by atoms with Gasteiger partial charge in [0.1, 0.15) is 5.75 Å². The van der Waals surface area contributed by atoms with E-state index in [1.54, 1.807) is 7.11 Å². The van der Waals surface area contributed by atoms with Crippen LogP contribution in [0.4, 0.5) is 5.69 Å². The molecule has 0 spiro atoms. The van der Waals surface area contributed by atoms with Crippen molar-refractivity contribution in [1.29, 1.82) is 0 Å². The van der Waals surface area contributed by atoms with Gasteiger partial charge < -0.3 is 15.8 Å². The van der Waals surface area contributed by atoms with Gasteiger partial charge in [0.2, 0.25) is 0 Å². The molecular formula is C16H28N2O. The smallest absolute Gasteiger partial charge is 0.120 e. The zero-order valence-electron chi connectivity index (χ0n) is 12.5. The number of hydrogen-bond acceptors (Lipinski definition) is 3. The van der Waals surface area contributed by atoms with Crippen LogP contribution in [0.3, 0.4) is 0 Å². The second-order valence-corrected chi connectivity index (χ2v) is 5.43. The molecule has 0 aliphatic heterocycles. The van der Waals surface area contributed by atoms with E-state index in [4.69, 9.17) is 10.5 Å². The first kappa shape index (κ1) is 15.8. The normalized spacial score (nSPS) is 13.9. The van der Waals surface area contributed by atoms with Gasteiger partial charge in [-0.25, -0.2) is 0 Å². The van der Waals surface area contributed by atoms with Gasteiger partial charge >= 0.3 is 0 Å². The molecule has 1 aromatic carbocycles. The van der Waals surface area contributed by atoms with Crippen molar-refractivity contribution >= 4 is 5.69 Å². The van der Waals surface area contributed by atoms with Gasteiger partial charge in [0.15, 0.2) is 0 Å². The Morgan fingerprint density at radius 1 is 1.26 bits per heavy atom. The lowest BCUT2D eigenvalue weighted by Gasteiger charge is -2.31. The average Bonchev–Trinajstić information content (AvgIpc) is 2.44. The first-order chi connectivity index (χ1) is 9.13. The number of nitrogens with one attached hydrogen (secondary N) is 1. The first-order valence-corrected chi connectivity index (χ1v) is 7.26. The molecule has 0 amide bonds. The van der Waals surface area contributed by atoms with Crippen LogP contribution in [0.1, 0.15) is 46.0 Å². The van der Waals surface area contributed by atoms with E-state index in [0.29, 0.717) is 6.54 Å². The van der Waals surface area contributed by atoms with Crippen molar-refractivity contribution in [3.63, 3.8) is 0 Å². The molecule has 1 atom stereocenters. The fraction of sp³-hybridized carbons (Fsp3) is 0.625. The third-order valence-electron chi connectivity index (χ3n) is 3.55. The molecule has 1 unspecified atom stereocenters. The molecule has 0 aliphatic carbocycles. The third-order valence-corrected chi connectivity index (χ3v) is 3.55. The molecule has 3 heteroatoms. The highest BCUT2D eigenvalue weighted by Gasteiger charge is 2.21. The lowest BCUT2D eigenvalue weighted by molar-refractivity contribution is 0.414. The molecular weight excluding hydrogens is 236 g/mol. The number of nitrogens with two attached hydrogens (primary N) is 1. The van der Waals surface area contributed by atoms with Gasteiger partial charge in [0, 0.05) is 23.8 Å². The molecule has 0 radical (unpaired) electrons. The molecule has 0 aliphatic rings. The van der Waals surface area contributed by atoms with Gasteiger partial charge in [0.05, 0.1) is 7.11 Å². The largest absolute Gasteiger partial charge is 0.497 e. The lowest BCUT2D eigenvalue weighted by atomic mass is 9.93. The Balaban J connectivity index is 2.57. The number of ether oxygens (including phenoxy) is 1. The predicted molar refractivity (Wildman–Crippen MR) is 82.8 cm³/mol. The van der Waals surface area contributed by atoms with Crippen LogP contribution in [-0.2, 0) is 0 Å². The first-order valence-electron chi connectivity index (χ1n) is 7.26. The van der Waals surface area contributed by atoms with Crippen molar-refractivity contribution < 1.29 is 4.74 Å². The van der Waals surface area contributed by atoms with Gasteiger partial charge in [-0.3, -0.25) is 0 Å². The summed E-state index contributed by atoms with van der Waals surface area (Å²) in [5, 5.41) is 3.55. The van der Waals surface area contributed by atoms with Gasteiger partial charge in [0.25, 0.3) is 0 Å². The van der Waals surface area contributed by atoms with E-state index in [0.717, 1.165) is 17.9 Å². The summed E-state index contributed by atoms with van der Waals surface area (Å²) in [4.78, 5) is 0. The second kappa shape index (κ2) is 8.05. The highest BCUT2D eigenvalue weighted by atomic mass is 16.5. The maximum absolute atomic E-state index is 5.95. The molecule has 3 N–H and O–H groups in total. The Kier molecular flexibility index (Phi) is 6.71. The maximum atomic E-state index is 5.95. The highest BCUT2D eigenvalue weighted by molar-refractivity contribution is 5.50. The summed E-state index contributed by atoms with van der Waals surface area (Å²) < 4.78 is 5.24. The number of unbranched alkanes of at least 4 members (excludes halogenated alkanes) is 3. The summed E-state index contributed by atoms with van der Waals surface area (Å²) in [5.74, 6) is 0.871. The van der Waals surface area contributed by atoms with Crippen LogP contribution in [0, 0.1) is 0 Å². The maximum Gasteiger partial charge on any atom is 0.120 e. The molecule has 0 fully saturated rings. The van der Waals surface area contributed by atoms with Crippen molar-refractivity contribution in [3.8, 4) is 5.75 Å². The van der Waals surface area contributed by atoms with E-state index in [2.05, 4.69) is 25.2 Å². The fourth-order valence-corrected chi connectivity index (χ4v) is 2.21. The Hall–Kier alpha value is -1.22. The van der Waals surface area contributed by atoms with Gasteiger partial charge in [-0.2, -0.15) is 0 Å². The average molecular weight is 264 g/mol. The van der Waals surface area contributed by atoms with Crippen LogP contribution in [0.2, 0.25) is 0 Å². The molecule has 0 aromatic heterocycles. The zero-order chi connectivity index (χ0) is 14.1. The quantitative estimate of drug-likeness (QED) is 0.667. The molecule has 1 rings (SSSR count).